The average Bonchev–Trinajstić information content (AvgIpc) is 3.28. The molecule has 176 valence electrons. The third-order valence-electron chi connectivity index (χ3n) is 6.69. The Balaban J connectivity index is 1.71. The number of nitrogens with one attached hydrogen (secondary N) is 2. The van der Waals surface area contributed by atoms with Crippen LogP contribution < -0.4 is 15.4 Å². The number of ketones is 1. The molecule has 2 fully saturated rings. The van der Waals surface area contributed by atoms with Crippen molar-refractivity contribution >= 4 is 35.1 Å². The number of likely N-dealkylation sites (N-methyl/N-ethyl adjacent to an activating group) is 1. The lowest BCUT2D eigenvalue weighted by Gasteiger charge is -2.43. The Morgan fingerprint density at radius 1 is 1.06 bits per heavy atom. The summed E-state index contributed by atoms with van der Waals surface area (Å²) in [4.78, 5) is 28.7. The number of hydrogen-bond donors (Lipinski definition) is 2. The molecule has 0 aromatic heterocycles. The first kappa shape index (κ1) is 24.0. The van der Waals surface area contributed by atoms with Crippen molar-refractivity contribution in [1.29, 1.82) is 0 Å². The molecule has 2 atom stereocenters. The monoisotopic (exact) mass is 493 g/mol. The SMILES string of the molecule is CN(C(=O)Oc1ccc(F)cc1)[C@@]1(C(=O)C2CCNCC2)CNC[C@@H]1c1ccc(Cl)c(Cl)c1. The zero-order valence-corrected chi connectivity index (χ0v) is 19.8. The second kappa shape index (κ2) is 9.97. The van der Waals surface area contributed by atoms with Gasteiger partial charge in [0.2, 0.25) is 0 Å². The molecule has 0 aliphatic carbocycles. The van der Waals surface area contributed by atoms with Crippen LogP contribution in [0, 0.1) is 11.7 Å². The molecule has 0 saturated carbocycles. The number of nitrogens with zero attached hydrogens (tertiary/aromatic N) is 1. The number of rotatable bonds is 5. The van der Waals surface area contributed by atoms with Gasteiger partial charge in [-0.05, 0) is 67.9 Å². The molecule has 2 heterocycles. The maximum absolute atomic E-state index is 14.1. The molecule has 4 rings (SSSR count). The van der Waals surface area contributed by atoms with Crippen molar-refractivity contribution in [3.05, 3.63) is 63.9 Å². The molecule has 0 spiro atoms. The normalized spacial score (nSPS) is 23.3. The molecule has 1 amide bonds. The van der Waals surface area contributed by atoms with E-state index in [1.165, 1.54) is 29.2 Å². The van der Waals surface area contributed by atoms with E-state index in [1.54, 1.807) is 19.2 Å². The largest absolute Gasteiger partial charge is 0.415 e. The van der Waals surface area contributed by atoms with Crippen molar-refractivity contribution in [2.45, 2.75) is 24.3 Å². The van der Waals surface area contributed by atoms with Crippen molar-refractivity contribution in [2.24, 2.45) is 5.92 Å². The highest BCUT2D eigenvalue weighted by atomic mass is 35.5. The maximum atomic E-state index is 14.1. The van der Waals surface area contributed by atoms with Crippen LogP contribution >= 0.6 is 23.2 Å². The van der Waals surface area contributed by atoms with Crippen LogP contribution in [0.15, 0.2) is 42.5 Å². The molecule has 2 aliphatic rings. The van der Waals surface area contributed by atoms with E-state index in [4.69, 9.17) is 27.9 Å². The Hall–Kier alpha value is -2.19. The highest BCUT2D eigenvalue weighted by Crippen LogP contribution is 2.42. The summed E-state index contributed by atoms with van der Waals surface area (Å²) in [6.45, 7) is 2.28. The summed E-state index contributed by atoms with van der Waals surface area (Å²) < 4.78 is 18.8. The Bertz CT molecular complexity index is 1030. The van der Waals surface area contributed by atoms with E-state index in [2.05, 4.69) is 10.6 Å². The molecular weight excluding hydrogens is 468 g/mol. The number of Topliss-reactive ketones (excluding diaryl/α,β-unsaturated/α-hetero) is 1. The van der Waals surface area contributed by atoms with E-state index in [1.807, 2.05) is 6.07 Å². The van der Waals surface area contributed by atoms with Gasteiger partial charge in [-0.25, -0.2) is 9.18 Å². The van der Waals surface area contributed by atoms with Crippen molar-refractivity contribution in [3.8, 4) is 5.75 Å². The van der Waals surface area contributed by atoms with Gasteiger partial charge in [0.25, 0.3) is 0 Å². The van der Waals surface area contributed by atoms with Gasteiger partial charge in [-0.2, -0.15) is 0 Å². The predicted molar refractivity (Wildman–Crippen MR) is 126 cm³/mol. The molecular formula is C24H26Cl2FN3O3. The number of carbonyl (C=O) groups is 2. The van der Waals surface area contributed by atoms with Crippen LogP contribution in [0.3, 0.4) is 0 Å². The molecule has 9 heteroatoms. The number of piperidine rings is 1. The summed E-state index contributed by atoms with van der Waals surface area (Å²) in [6.07, 6.45) is 0.725. The molecule has 2 saturated heterocycles. The molecule has 6 nitrogen and oxygen atoms in total. The minimum Gasteiger partial charge on any atom is -0.410 e. The first-order valence-electron chi connectivity index (χ1n) is 10.9. The Morgan fingerprint density at radius 2 is 1.76 bits per heavy atom. The zero-order chi connectivity index (χ0) is 23.6. The van der Waals surface area contributed by atoms with E-state index in [-0.39, 0.29) is 29.9 Å². The topological polar surface area (TPSA) is 70.7 Å². The second-order valence-electron chi connectivity index (χ2n) is 8.55. The fourth-order valence-corrected chi connectivity index (χ4v) is 5.18. The Labute approximate surface area is 202 Å². The third-order valence-corrected chi connectivity index (χ3v) is 7.43. The van der Waals surface area contributed by atoms with E-state index in [0.717, 1.165) is 18.7 Å². The summed E-state index contributed by atoms with van der Waals surface area (Å²) in [5.41, 5.74) is -0.353. The molecule has 0 unspecified atom stereocenters. The summed E-state index contributed by atoms with van der Waals surface area (Å²) in [5.74, 6) is -0.753. The maximum Gasteiger partial charge on any atom is 0.415 e. The molecule has 0 radical (unpaired) electrons. The van der Waals surface area contributed by atoms with Gasteiger partial charge in [-0.3, -0.25) is 9.69 Å². The van der Waals surface area contributed by atoms with Crippen molar-refractivity contribution in [1.82, 2.24) is 15.5 Å². The van der Waals surface area contributed by atoms with Crippen molar-refractivity contribution in [3.63, 3.8) is 0 Å². The summed E-state index contributed by atoms with van der Waals surface area (Å²) in [5, 5.41) is 7.41. The van der Waals surface area contributed by atoms with Gasteiger partial charge in [-0.15, -0.1) is 0 Å². The van der Waals surface area contributed by atoms with Crippen LogP contribution in [0.1, 0.15) is 24.3 Å². The number of ether oxygens (including phenoxy) is 1. The lowest BCUT2D eigenvalue weighted by atomic mass is 9.72. The van der Waals surface area contributed by atoms with Gasteiger partial charge in [-0.1, -0.05) is 29.3 Å². The summed E-state index contributed by atoms with van der Waals surface area (Å²) in [7, 11) is 1.59. The lowest BCUT2D eigenvalue weighted by Crippen LogP contribution is -2.62. The standard InChI is InChI=1S/C24H26Cl2FN3O3/c1-30(23(32)33-18-5-3-17(27)4-6-18)24(22(31)15-8-10-28-11-9-15)14-29-13-19(24)16-2-7-20(25)21(26)12-16/h2-7,12,15,19,28-29H,8-11,13-14H2,1H3/t19-,24+/m1/s1. The lowest BCUT2D eigenvalue weighted by molar-refractivity contribution is -0.134. The van der Waals surface area contributed by atoms with Crippen LogP contribution in [0.25, 0.3) is 0 Å². The fraction of sp³-hybridized carbons (Fsp3) is 0.417. The van der Waals surface area contributed by atoms with E-state index < -0.39 is 17.4 Å². The van der Waals surface area contributed by atoms with E-state index in [0.29, 0.717) is 29.4 Å². The van der Waals surface area contributed by atoms with Crippen LogP contribution in [0.4, 0.5) is 9.18 Å². The Morgan fingerprint density at radius 3 is 2.42 bits per heavy atom. The molecule has 2 N–H and O–H groups in total. The Kier molecular flexibility index (Phi) is 7.24. The third kappa shape index (κ3) is 4.73. The quantitative estimate of drug-likeness (QED) is 0.651. The minimum absolute atomic E-state index is 0.00336. The van der Waals surface area contributed by atoms with Crippen LogP contribution in [-0.2, 0) is 4.79 Å². The summed E-state index contributed by atoms with van der Waals surface area (Å²) in [6, 6.07) is 10.5. The fourth-order valence-electron chi connectivity index (χ4n) is 4.87. The first-order chi connectivity index (χ1) is 15.8. The van der Waals surface area contributed by atoms with Crippen molar-refractivity contribution < 1.29 is 18.7 Å². The average molecular weight is 494 g/mol. The van der Waals surface area contributed by atoms with Gasteiger partial charge >= 0.3 is 6.09 Å². The number of carbonyl (C=O) groups excluding carboxylic acids is 2. The number of amides is 1. The first-order valence-corrected chi connectivity index (χ1v) is 11.7. The molecule has 2 aliphatic heterocycles. The van der Waals surface area contributed by atoms with Crippen LogP contribution in [0.5, 0.6) is 5.75 Å². The predicted octanol–water partition coefficient (Wildman–Crippen LogP) is 4.26. The highest BCUT2D eigenvalue weighted by molar-refractivity contribution is 6.42. The van der Waals surface area contributed by atoms with Gasteiger partial charge in [0.05, 0.1) is 10.0 Å². The number of hydrogen-bond acceptors (Lipinski definition) is 5. The van der Waals surface area contributed by atoms with Gasteiger partial charge < -0.3 is 15.4 Å². The van der Waals surface area contributed by atoms with Crippen LogP contribution in [0.2, 0.25) is 10.0 Å². The van der Waals surface area contributed by atoms with Gasteiger partial charge in [0.1, 0.15) is 17.1 Å². The van der Waals surface area contributed by atoms with Crippen LogP contribution in [-0.4, -0.2) is 55.5 Å². The highest BCUT2D eigenvalue weighted by Gasteiger charge is 2.56. The number of halogens is 3. The molecule has 33 heavy (non-hydrogen) atoms. The second-order valence-corrected chi connectivity index (χ2v) is 9.37. The van der Waals surface area contributed by atoms with Gasteiger partial charge in [0, 0.05) is 32.0 Å². The minimum atomic E-state index is -1.17. The molecule has 2 aromatic rings. The number of benzene rings is 2. The van der Waals surface area contributed by atoms with Crippen molar-refractivity contribution in [2.75, 3.05) is 33.2 Å². The molecule has 2 aromatic carbocycles. The molecule has 0 bridgehead atoms. The zero-order valence-electron chi connectivity index (χ0n) is 18.2. The van der Waals surface area contributed by atoms with E-state index >= 15 is 0 Å². The summed E-state index contributed by atoms with van der Waals surface area (Å²) >= 11 is 12.4. The van der Waals surface area contributed by atoms with Gasteiger partial charge in [0.15, 0.2) is 5.78 Å². The van der Waals surface area contributed by atoms with E-state index in [9.17, 15) is 14.0 Å². The smallest absolute Gasteiger partial charge is 0.410 e.